The minimum Gasteiger partial charge on any atom is -0.371 e. The normalized spacial score (nSPS) is 14.0. The van der Waals surface area contributed by atoms with Gasteiger partial charge < -0.3 is 10.2 Å². The van der Waals surface area contributed by atoms with Gasteiger partial charge in [0.1, 0.15) is 23.9 Å². The molecule has 0 saturated carbocycles. The number of anilines is 2. The van der Waals surface area contributed by atoms with Crippen molar-refractivity contribution in [2.75, 3.05) is 23.3 Å². The Morgan fingerprint density at radius 3 is 2.32 bits per heavy atom. The molecule has 25 heavy (non-hydrogen) atoms. The van der Waals surface area contributed by atoms with Gasteiger partial charge in [-0.05, 0) is 43.9 Å². The van der Waals surface area contributed by atoms with Crippen LogP contribution in [0.2, 0.25) is 0 Å². The zero-order valence-corrected chi connectivity index (χ0v) is 14.3. The van der Waals surface area contributed by atoms with Crippen molar-refractivity contribution in [1.29, 1.82) is 15.8 Å². The van der Waals surface area contributed by atoms with Gasteiger partial charge in [-0.25, -0.2) is 0 Å². The minimum absolute atomic E-state index is 0.150. The smallest absolute Gasteiger partial charge is 0.163 e. The third-order valence-electron chi connectivity index (χ3n) is 4.38. The molecule has 126 valence electrons. The van der Waals surface area contributed by atoms with Gasteiger partial charge in [0.05, 0.1) is 5.69 Å². The maximum atomic E-state index is 12.0. The molecule has 1 heterocycles. The predicted octanol–water partition coefficient (Wildman–Crippen LogP) is 3.36. The van der Waals surface area contributed by atoms with Gasteiger partial charge in [0.25, 0.3) is 0 Å². The lowest BCUT2D eigenvalue weighted by atomic mass is 9.98. The van der Waals surface area contributed by atoms with E-state index in [9.17, 15) is 4.79 Å². The molecular formula is C19H19N5O. The summed E-state index contributed by atoms with van der Waals surface area (Å²) in [5.41, 5.74) is 1.34. The molecule has 1 aliphatic rings. The van der Waals surface area contributed by atoms with Gasteiger partial charge in [0.2, 0.25) is 0 Å². The summed E-state index contributed by atoms with van der Waals surface area (Å²) in [7, 11) is 0. The first-order valence-corrected chi connectivity index (χ1v) is 8.11. The van der Waals surface area contributed by atoms with E-state index in [1.807, 2.05) is 6.07 Å². The topological polar surface area (TPSA) is 104 Å². The number of carbonyl (C=O) groups excluding carboxylic acids is 1. The number of nitrogens with one attached hydrogen (secondary N) is 1. The summed E-state index contributed by atoms with van der Waals surface area (Å²) in [6, 6.07) is 10.6. The maximum absolute atomic E-state index is 12.0. The van der Waals surface area contributed by atoms with E-state index in [4.69, 9.17) is 15.8 Å². The fourth-order valence-electron chi connectivity index (χ4n) is 2.81. The Bertz CT molecular complexity index is 811. The van der Waals surface area contributed by atoms with Gasteiger partial charge in [-0.1, -0.05) is 6.92 Å². The zero-order valence-electron chi connectivity index (χ0n) is 14.3. The van der Waals surface area contributed by atoms with Gasteiger partial charge in [-0.3, -0.25) is 4.79 Å². The van der Waals surface area contributed by atoms with Crippen LogP contribution in [0.25, 0.3) is 0 Å². The Morgan fingerprint density at radius 2 is 1.80 bits per heavy atom. The van der Waals surface area contributed by atoms with Gasteiger partial charge in [0.15, 0.2) is 11.4 Å². The monoisotopic (exact) mass is 333 g/mol. The van der Waals surface area contributed by atoms with E-state index >= 15 is 0 Å². The number of benzene rings is 1. The molecule has 2 rings (SSSR count). The Labute approximate surface area is 147 Å². The minimum atomic E-state index is -0.314. The van der Waals surface area contributed by atoms with Crippen LogP contribution in [-0.4, -0.2) is 18.9 Å². The summed E-state index contributed by atoms with van der Waals surface area (Å²) in [6.45, 7) is 5.58. The average molecular weight is 333 g/mol. The van der Waals surface area contributed by atoms with Gasteiger partial charge in [0, 0.05) is 24.3 Å². The Kier molecular flexibility index (Phi) is 5.77. The van der Waals surface area contributed by atoms with Crippen LogP contribution in [0.1, 0.15) is 37.0 Å². The van der Waals surface area contributed by atoms with Crippen molar-refractivity contribution in [2.45, 2.75) is 26.7 Å². The van der Waals surface area contributed by atoms with E-state index in [2.05, 4.69) is 17.1 Å². The number of hydrogen-bond acceptors (Lipinski definition) is 6. The number of allylic oxidation sites excluding steroid dienone is 2. The molecule has 0 aromatic heterocycles. The summed E-state index contributed by atoms with van der Waals surface area (Å²) < 4.78 is 0. The number of nitriles is 3. The summed E-state index contributed by atoms with van der Waals surface area (Å²) in [5, 5.41) is 29.8. The van der Waals surface area contributed by atoms with Crippen LogP contribution in [0.15, 0.2) is 29.5 Å². The van der Waals surface area contributed by atoms with Crippen molar-refractivity contribution < 1.29 is 4.79 Å². The molecule has 0 unspecified atom stereocenters. The Balaban J connectivity index is 2.36. The summed E-state index contributed by atoms with van der Waals surface area (Å²) in [4.78, 5) is 14.3. The second-order valence-corrected chi connectivity index (χ2v) is 6.17. The summed E-state index contributed by atoms with van der Waals surface area (Å²) in [5.74, 6) is 0.561. The first-order chi connectivity index (χ1) is 12.0. The highest BCUT2D eigenvalue weighted by Gasteiger charge is 2.18. The molecule has 0 amide bonds. The largest absolute Gasteiger partial charge is 0.371 e. The number of hydrogen-bond donors (Lipinski definition) is 1. The van der Waals surface area contributed by atoms with Gasteiger partial charge in [-0.2, -0.15) is 15.8 Å². The van der Waals surface area contributed by atoms with Crippen molar-refractivity contribution in [3.05, 3.63) is 35.0 Å². The number of rotatable bonds is 4. The predicted molar refractivity (Wildman–Crippen MR) is 94.5 cm³/mol. The number of nitrogens with zero attached hydrogens (tertiary/aromatic N) is 4. The number of piperidine rings is 1. The van der Waals surface area contributed by atoms with Crippen LogP contribution in [0, 0.1) is 39.9 Å². The Hall–Kier alpha value is -3.30. The van der Waals surface area contributed by atoms with Crippen LogP contribution in [0.4, 0.5) is 11.4 Å². The molecule has 0 radical (unpaired) electrons. The molecule has 1 N–H and O–H groups in total. The second kappa shape index (κ2) is 7.99. The molecule has 0 spiro atoms. The standard InChI is InChI=1S/C19H19N5O/c1-13-5-7-24(8-6-13)16-3-4-18(17(9-16)14(2)25)23-19(12-22)15(10-20)11-21/h3-4,9,13,23H,5-8H2,1-2H3. The van der Waals surface area contributed by atoms with Gasteiger partial charge in [-0.15, -0.1) is 0 Å². The first-order valence-electron chi connectivity index (χ1n) is 8.11. The van der Waals surface area contributed by atoms with Crippen molar-refractivity contribution >= 4 is 17.2 Å². The lowest BCUT2D eigenvalue weighted by Gasteiger charge is -2.32. The number of ketones is 1. The van der Waals surface area contributed by atoms with Crippen LogP contribution in [0.3, 0.4) is 0 Å². The summed E-state index contributed by atoms with van der Waals surface area (Å²) >= 11 is 0. The van der Waals surface area contributed by atoms with Crippen molar-refractivity contribution in [3.63, 3.8) is 0 Å². The molecule has 1 aromatic carbocycles. The quantitative estimate of drug-likeness (QED) is 0.669. The third kappa shape index (κ3) is 4.16. The van der Waals surface area contributed by atoms with E-state index in [-0.39, 0.29) is 17.1 Å². The van der Waals surface area contributed by atoms with Crippen LogP contribution < -0.4 is 10.2 Å². The third-order valence-corrected chi connectivity index (χ3v) is 4.38. The SMILES string of the molecule is CC(=O)c1cc(N2CCC(C)CC2)ccc1NC(C#N)=C(C#N)C#N. The van der Waals surface area contributed by atoms with Crippen LogP contribution in [-0.2, 0) is 0 Å². The van der Waals surface area contributed by atoms with Crippen LogP contribution >= 0.6 is 0 Å². The fraction of sp³-hybridized carbons (Fsp3) is 0.368. The van der Waals surface area contributed by atoms with Crippen molar-refractivity contribution in [1.82, 2.24) is 0 Å². The molecule has 1 fully saturated rings. The van der Waals surface area contributed by atoms with Crippen molar-refractivity contribution in [2.24, 2.45) is 5.92 Å². The Morgan fingerprint density at radius 1 is 1.16 bits per heavy atom. The molecule has 1 aromatic rings. The maximum Gasteiger partial charge on any atom is 0.163 e. The molecule has 1 aliphatic heterocycles. The fourth-order valence-corrected chi connectivity index (χ4v) is 2.81. The molecule has 1 saturated heterocycles. The van der Waals surface area contributed by atoms with Crippen molar-refractivity contribution in [3.8, 4) is 18.2 Å². The summed E-state index contributed by atoms with van der Waals surface area (Å²) in [6.07, 6.45) is 2.23. The first kappa shape index (κ1) is 18.0. The van der Waals surface area contributed by atoms with E-state index in [0.717, 1.165) is 31.6 Å². The number of carbonyl (C=O) groups is 1. The zero-order chi connectivity index (χ0) is 18.4. The second-order valence-electron chi connectivity index (χ2n) is 6.17. The van der Waals surface area contributed by atoms with E-state index < -0.39 is 0 Å². The van der Waals surface area contributed by atoms with Crippen LogP contribution in [0.5, 0.6) is 0 Å². The molecule has 0 aliphatic carbocycles. The highest BCUT2D eigenvalue weighted by atomic mass is 16.1. The van der Waals surface area contributed by atoms with E-state index in [0.29, 0.717) is 17.2 Å². The van der Waals surface area contributed by atoms with E-state index in [1.54, 1.807) is 30.3 Å². The van der Waals surface area contributed by atoms with Gasteiger partial charge >= 0.3 is 0 Å². The molecular weight excluding hydrogens is 314 g/mol. The van der Waals surface area contributed by atoms with E-state index in [1.165, 1.54) is 6.92 Å². The molecule has 0 atom stereocenters. The lowest BCUT2D eigenvalue weighted by Crippen LogP contribution is -2.32. The molecule has 6 nitrogen and oxygen atoms in total. The highest BCUT2D eigenvalue weighted by molar-refractivity contribution is 6.01. The number of Topliss-reactive ketones (excluding diaryl/α,β-unsaturated/α-hetero) is 1. The average Bonchev–Trinajstić information content (AvgIpc) is 2.62. The highest BCUT2D eigenvalue weighted by Crippen LogP contribution is 2.28. The lowest BCUT2D eigenvalue weighted by molar-refractivity contribution is 0.101. The molecule has 6 heteroatoms. The molecule has 0 bridgehead atoms.